The second-order valence-corrected chi connectivity index (χ2v) is 6.33. The van der Waals surface area contributed by atoms with E-state index in [0.29, 0.717) is 5.92 Å². The third-order valence-corrected chi connectivity index (χ3v) is 4.63. The van der Waals surface area contributed by atoms with Crippen LogP contribution in [0.25, 0.3) is 0 Å². The average Bonchev–Trinajstić information content (AvgIpc) is 2.54. The first-order valence-corrected chi connectivity index (χ1v) is 8.10. The van der Waals surface area contributed by atoms with Gasteiger partial charge in [-0.05, 0) is 30.4 Å². The molecule has 0 amide bonds. The molecule has 1 atom stereocenters. The van der Waals surface area contributed by atoms with Crippen molar-refractivity contribution in [3.05, 3.63) is 70.6 Å². The molecule has 1 aliphatic rings. The summed E-state index contributed by atoms with van der Waals surface area (Å²) in [6.45, 7) is 2.56. The number of benzene rings is 1. The molecular weight excluding hydrogens is 292 g/mol. The summed E-state index contributed by atoms with van der Waals surface area (Å²) in [6.07, 6.45) is 3.87. The van der Waals surface area contributed by atoms with Crippen molar-refractivity contribution < 1.29 is 0 Å². The second kappa shape index (κ2) is 6.88. The Labute approximate surface area is 136 Å². The molecule has 0 radical (unpaired) electrons. The minimum absolute atomic E-state index is 0.0743. The van der Waals surface area contributed by atoms with E-state index >= 15 is 0 Å². The molecule has 114 valence electrons. The fraction of sp³-hybridized carbons (Fsp3) is 0.333. The molecule has 0 N–H and O–H groups in total. The van der Waals surface area contributed by atoms with Crippen LogP contribution in [0.15, 0.2) is 59.5 Å². The van der Waals surface area contributed by atoms with Gasteiger partial charge < -0.3 is 9.47 Å². The van der Waals surface area contributed by atoms with Gasteiger partial charge in [0.05, 0.1) is 4.99 Å². The van der Waals surface area contributed by atoms with Gasteiger partial charge in [-0.15, -0.1) is 0 Å². The zero-order valence-corrected chi connectivity index (χ0v) is 13.3. The van der Waals surface area contributed by atoms with E-state index in [1.54, 1.807) is 16.7 Å². The maximum atomic E-state index is 11.9. The lowest BCUT2D eigenvalue weighted by Gasteiger charge is -2.35. The van der Waals surface area contributed by atoms with Gasteiger partial charge in [-0.1, -0.05) is 48.6 Å². The van der Waals surface area contributed by atoms with Crippen LogP contribution in [-0.4, -0.2) is 21.0 Å². The molecule has 3 nitrogen and oxygen atoms in total. The number of piperidine rings is 1. The third kappa shape index (κ3) is 3.63. The Morgan fingerprint density at radius 2 is 1.86 bits per heavy atom. The molecule has 4 heteroatoms. The highest BCUT2D eigenvalue weighted by Crippen LogP contribution is 2.21. The molecule has 0 spiro atoms. The number of hydrogen-bond acceptors (Lipinski definition) is 2. The Morgan fingerprint density at radius 1 is 1.09 bits per heavy atom. The fourth-order valence-electron chi connectivity index (χ4n) is 2.99. The van der Waals surface area contributed by atoms with Gasteiger partial charge in [0.2, 0.25) is 0 Å². The van der Waals surface area contributed by atoms with Crippen LogP contribution in [0.1, 0.15) is 18.4 Å². The predicted octanol–water partition coefficient (Wildman–Crippen LogP) is 3.09. The van der Waals surface area contributed by atoms with Gasteiger partial charge in [0.1, 0.15) is 0 Å². The van der Waals surface area contributed by atoms with E-state index in [0.717, 1.165) is 37.5 Å². The molecule has 2 aromatic rings. The van der Waals surface area contributed by atoms with Gasteiger partial charge >= 0.3 is 0 Å². The molecule has 2 heterocycles. The van der Waals surface area contributed by atoms with Gasteiger partial charge in [0.15, 0.2) is 0 Å². The monoisotopic (exact) mass is 312 g/mol. The quantitative estimate of drug-likeness (QED) is 0.811. The van der Waals surface area contributed by atoms with Crippen LogP contribution in [0.5, 0.6) is 0 Å². The van der Waals surface area contributed by atoms with Gasteiger partial charge in [0, 0.05) is 31.9 Å². The Balaban J connectivity index is 1.67. The van der Waals surface area contributed by atoms with Crippen molar-refractivity contribution in [1.29, 1.82) is 0 Å². The fourth-order valence-corrected chi connectivity index (χ4v) is 3.24. The lowest BCUT2D eigenvalue weighted by atomic mass is 9.97. The molecule has 0 saturated carbocycles. The van der Waals surface area contributed by atoms with Gasteiger partial charge in [0.25, 0.3) is 5.56 Å². The number of pyridine rings is 1. The summed E-state index contributed by atoms with van der Waals surface area (Å²) in [7, 11) is 0. The van der Waals surface area contributed by atoms with Crippen molar-refractivity contribution in [2.45, 2.75) is 25.9 Å². The molecule has 1 unspecified atom stereocenters. The maximum absolute atomic E-state index is 11.9. The highest BCUT2D eigenvalue weighted by molar-refractivity contribution is 7.80. The number of nitrogens with zero attached hydrogens (tertiary/aromatic N) is 2. The molecule has 1 saturated heterocycles. The van der Waals surface area contributed by atoms with Crippen molar-refractivity contribution in [2.24, 2.45) is 5.92 Å². The van der Waals surface area contributed by atoms with E-state index in [9.17, 15) is 4.79 Å². The SMILES string of the molecule is O=c1ccccn1CC1CCC(=S)N(Cc2ccccc2)C1. The van der Waals surface area contributed by atoms with E-state index in [1.165, 1.54) is 5.56 Å². The standard InChI is InChI=1S/C18H20N2OS/c21-17-8-4-5-11-19(17)13-16-9-10-18(22)20(14-16)12-15-6-2-1-3-7-15/h1-8,11,16H,9-10,12-14H2. The number of hydrogen-bond donors (Lipinski definition) is 0. The first-order chi connectivity index (χ1) is 10.7. The molecule has 1 aromatic carbocycles. The minimum Gasteiger partial charge on any atom is -0.361 e. The highest BCUT2D eigenvalue weighted by atomic mass is 32.1. The first-order valence-electron chi connectivity index (χ1n) is 7.69. The van der Waals surface area contributed by atoms with Crippen molar-refractivity contribution >= 4 is 17.2 Å². The Kier molecular flexibility index (Phi) is 4.68. The lowest BCUT2D eigenvalue weighted by molar-refractivity contribution is 0.264. The van der Waals surface area contributed by atoms with Crippen molar-refractivity contribution in [3.63, 3.8) is 0 Å². The normalized spacial score (nSPS) is 18.5. The third-order valence-electron chi connectivity index (χ3n) is 4.17. The smallest absolute Gasteiger partial charge is 0.250 e. The molecule has 1 fully saturated rings. The van der Waals surface area contributed by atoms with E-state index in [4.69, 9.17) is 12.2 Å². The van der Waals surface area contributed by atoms with E-state index in [-0.39, 0.29) is 5.56 Å². The van der Waals surface area contributed by atoms with E-state index < -0.39 is 0 Å². The minimum atomic E-state index is 0.0743. The zero-order chi connectivity index (χ0) is 15.4. The van der Waals surface area contributed by atoms with Crippen LogP contribution < -0.4 is 5.56 Å². The van der Waals surface area contributed by atoms with Crippen molar-refractivity contribution in [2.75, 3.05) is 6.54 Å². The molecule has 0 bridgehead atoms. The van der Waals surface area contributed by atoms with Crippen LogP contribution in [0.4, 0.5) is 0 Å². The number of likely N-dealkylation sites (tertiary alicyclic amines) is 1. The Morgan fingerprint density at radius 3 is 2.64 bits per heavy atom. The van der Waals surface area contributed by atoms with Gasteiger partial charge in [-0.25, -0.2) is 0 Å². The summed E-state index contributed by atoms with van der Waals surface area (Å²) in [5.41, 5.74) is 1.35. The summed E-state index contributed by atoms with van der Waals surface area (Å²) in [5.74, 6) is 0.468. The van der Waals surface area contributed by atoms with Crippen LogP contribution in [-0.2, 0) is 13.1 Å². The molecular formula is C18H20N2OS. The summed E-state index contributed by atoms with van der Waals surface area (Å²) in [4.78, 5) is 15.2. The van der Waals surface area contributed by atoms with Gasteiger partial charge in [-0.2, -0.15) is 0 Å². The van der Waals surface area contributed by atoms with Crippen LogP contribution in [0, 0.1) is 5.92 Å². The van der Waals surface area contributed by atoms with Crippen molar-refractivity contribution in [1.82, 2.24) is 9.47 Å². The number of thiocarbonyl (C=S) groups is 1. The second-order valence-electron chi connectivity index (χ2n) is 5.86. The van der Waals surface area contributed by atoms with E-state index in [1.807, 2.05) is 18.3 Å². The summed E-state index contributed by atoms with van der Waals surface area (Å²) in [6, 6.07) is 15.7. The molecule has 3 rings (SSSR count). The predicted molar refractivity (Wildman–Crippen MR) is 92.9 cm³/mol. The molecule has 1 aromatic heterocycles. The summed E-state index contributed by atoms with van der Waals surface area (Å²) < 4.78 is 1.81. The number of rotatable bonds is 4. The average molecular weight is 312 g/mol. The van der Waals surface area contributed by atoms with Crippen molar-refractivity contribution in [3.8, 4) is 0 Å². The Bertz CT molecular complexity index is 695. The maximum Gasteiger partial charge on any atom is 0.250 e. The van der Waals surface area contributed by atoms with Crippen LogP contribution in [0.2, 0.25) is 0 Å². The van der Waals surface area contributed by atoms with E-state index in [2.05, 4.69) is 29.2 Å². The first kappa shape index (κ1) is 15.0. The topological polar surface area (TPSA) is 25.2 Å². The molecule has 22 heavy (non-hydrogen) atoms. The van der Waals surface area contributed by atoms with Gasteiger partial charge in [-0.3, -0.25) is 4.79 Å². The highest BCUT2D eigenvalue weighted by Gasteiger charge is 2.23. The Hall–Kier alpha value is -1.94. The zero-order valence-electron chi connectivity index (χ0n) is 12.5. The van der Waals surface area contributed by atoms with Crippen LogP contribution in [0.3, 0.4) is 0 Å². The lowest BCUT2D eigenvalue weighted by Crippen LogP contribution is -2.40. The summed E-state index contributed by atoms with van der Waals surface area (Å²) in [5, 5.41) is 0. The summed E-state index contributed by atoms with van der Waals surface area (Å²) >= 11 is 5.53. The number of aromatic nitrogens is 1. The van der Waals surface area contributed by atoms with Crippen LogP contribution >= 0.6 is 12.2 Å². The molecule has 1 aliphatic heterocycles. The molecule has 0 aliphatic carbocycles. The largest absolute Gasteiger partial charge is 0.361 e.